The molecule has 34 heavy (non-hydrogen) atoms. The highest BCUT2D eigenvalue weighted by Gasteiger charge is 2.23. The minimum absolute atomic E-state index is 0.125. The summed E-state index contributed by atoms with van der Waals surface area (Å²) in [6.45, 7) is 2.52. The first kappa shape index (κ1) is 23.9. The fourth-order valence-corrected chi connectivity index (χ4v) is 4.05. The number of nitrogens with one attached hydrogen (secondary N) is 1. The number of carbonyl (C=O) groups is 1. The molecule has 0 radical (unpaired) electrons. The normalized spacial score (nSPS) is 14.6. The summed E-state index contributed by atoms with van der Waals surface area (Å²) in [6, 6.07) is 3.51. The number of primary amides is 1. The van der Waals surface area contributed by atoms with Crippen LogP contribution in [0.5, 0.6) is 11.6 Å². The van der Waals surface area contributed by atoms with Gasteiger partial charge in [0.25, 0.3) is 16.0 Å². The highest BCUT2D eigenvalue weighted by molar-refractivity contribution is 7.85. The minimum atomic E-state index is -3.57. The summed E-state index contributed by atoms with van der Waals surface area (Å²) in [6.07, 6.45) is 5.98. The predicted octanol–water partition coefficient (Wildman–Crippen LogP) is 1.68. The van der Waals surface area contributed by atoms with Crippen molar-refractivity contribution in [3.8, 4) is 22.8 Å². The Bertz CT molecular complexity index is 1320. The summed E-state index contributed by atoms with van der Waals surface area (Å²) >= 11 is 0. The van der Waals surface area contributed by atoms with E-state index in [1.807, 2.05) is 13.0 Å². The number of hydrogen-bond acceptors (Lipinski definition) is 9. The first-order valence-corrected chi connectivity index (χ1v) is 12.5. The molecular formula is C22H27N5O6S. The fraction of sp³-hybridized carbons (Fsp3) is 0.409. The monoisotopic (exact) mass is 489 g/mol. The molecule has 0 aliphatic carbocycles. The van der Waals surface area contributed by atoms with Gasteiger partial charge in [-0.05, 0) is 38.9 Å². The molecule has 1 aliphatic rings. The topological polar surface area (TPSA) is 150 Å². The molecule has 0 unspecified atom stereocenters. The molecular weight excluding hydrogens is 462 g/mol. The van der Waals surface area contributed by atoms with E-state index < -0.39 is 16.0 Å². The van der Waals surface area contributed by atoms with E-state index >= 15 is 0 Å². The second-order valence-electron chi connectivity index (χ2n) is 8.30. The average molecular weight is 490 g/mol. The summed E-state index contributed by atoms with van der Waals surface area (Å²) in [5.41, 5.74) is 9.48. The number of likely N-dealkylation sites (N-methyl/N-ethyl adjacent to an activating group) is 1. The Morgan fingerprint density at radius 2 is 2.15 bits per heavy atom. The van der Waals surface area contributed by atoms with Crippen LogP contribution in [0.2, 0.25) is 0 Å². The maximum atomic E-state index is 12.3. The van der Waals surface area contributed by atoms with Crippen molar-refractivity contribution in [2.24, 2.45) is 5.73 Å². The van der Waals surface area contributed by atoms with Gasteiger partial charge in [0.15, 0.2) is 0 Å². The number of nitrogens with two attached hydrogens (primary N) is 1. The molecule has 0 bridgehead atoms. The Morgan fingerprint density at radius 1 is 1.35 bits per heavy atom. The lowest BCUT2D eigenvalue weighted by Crippen LogP contribution is -2.36. The zero-order valence-corrected chi connectivity index (χ0v) is 20.0. The zero-order valence-electron chi connectivity index (χ0n) is 19.2. The highest BCUT2D eigenvalue weighted by atomic mass is 32.2. The molecule has 0 saturated carbocycles. The number of rotatable bonds is 9. The van der Waals surface area contributed by atoms with Crippen molar-refractivity contribution in [3.05, 3.63) is 35.8 Å². The van der Waals surface area contributed by atoms with Crippen LogP contribution >= 0.6 is 0 Å². The van der Waals surface area contributed by atoms with Crippen LogP contribution in [0.3, 0.4) is 0 Å². The smallest absolute Gasteiger partial charge is 0.265 e. The first-order chi connectivity index (χ1) is 16.1. The molecule has 3 aromatic rings. The molecule has 182 valence electrons. The maximum absolute atomic E-state index is 12.3. The number of aryl methyl sites for hydroxylation is 1. The second-order valence-corrected chi connectivity index (χ2v) is 9.94. The van der Waals surface area contributed by atoms with Gasteiger partial charge in [0.05, 0.1) is 30.2 Å². The van der Waals surface area contributed by atoms with Crippen molar-refractivity contribution in [3.63, 3.8) is 0 Å². The molecule has 1 amide bonds. The lowest BCUT2D eigenvalue weighted by Gasteiger charge is -2.24. The van der Waals surface area contributed by atoms with Gasteiger partial charge in [-0.3, -0.25) is 13.9 Å². The van der Waals surface area contributed by atoms with Crippen molar-refractivity contribution in [1.29, 1.82) is 0 Å². The fourth-order valence-electron chi connectivity index (χ4n) is 3.69. The molecule has 12 heteroatoms. The summed E-state index contributed by atoms with van der Waals surface area (Å²) in [7, 11) is -1.86. The Balaban J connectivity index is 1.66. The number of amides is 1. The molecule has 1 atom stereocenters. The zero-order chi connectivity index (χ0) is 24.5. The van der Waals surface area contributed by atoms with Crippen LogP contribution in [0, 0.1) is 0 Å². The van der Waals surface area contributed by atoms with Crippen LogP contribution in [-0.4, -0.2) is 73.5 Å². The number of benzene rings is 1. The lowest BCUT2D eigenvalue weighted by molar-refractivity contribution is 0.0922. The molecule has 1 aliphatic heterocycles. The minimum Gasteiger partial charge on any atom is -0.491 e. The Labute approximate surface area is 197 Å². The predicted molar refractivity (Wildman–Crippen MR) is 125 cm³/mol. The van der Waals surface area contributed by atoms with Crippen LogP contribution in [0.4, 0.5) is 0 Å². The number of H-pyrrole nitrogens is 1. The number of ether oxygens (including phenoxy) is 2. The van der Waals surface area contributed by atoms with Gasteiger partial charge in [-0.15, -0.1) is 0 Å². The van der Waals surface area contributed by atoms with Crippen molar-refractivity contribution < 1.29 is 26.9 Å². The van der Waals surface area contributed by atoms with E-state index in [0.29, 0.717) is 23.5 Å². The first-order valence-electron chi connectivity index (χ1n) is 10.7. The van der Waals surface area contributed by atoms with Gasteiger partial charge in [0, 0.05) is 28.9 Å². The van der Waals surface area contributed by atoms with Crippen molar-refractivity contribution in [1.82, 2.24) is 19.9 Å². The largest absolute Gasteiger partial charge is 0.491 e. The van der Waals surface area contributed by atoms with Crippen LogP contribution in [-0.2, 0) is 20.7 Å². The van der Waals surface area contributed by atoms with E-state index in [-0.39, 0.29) is 30.7 Å². The van der Waals surface area contributed by atoms with Gasteiger partial charge in [0.1, 0.15) is 24.7 Å². The standard InChI is InChI=1S/C22H27N5O6S/c1-13(27(2)12-33-34(3,29)30)10-32-17-8-16(19-20(26-11-25-19)18(17)21(23)28)15-7-14-5-4-6-31-22(14)24-9-15/h7-9,11,13H,4-6,10,12H2,1-3H3,(H2,23,28)(H,25,26)/t13-/m0/s1. The van der Waals surface area contributed by atoms with E-state index in [0.717, 1.165) is 35.8 Å². The number of nitrogens with zero attached hydrogens (tertiary/aromatic N) is 3. The van der Waals surface area contributed by atoms with E-state index in [2.05, 4.69) is 15.0 Å². The van der Waals surface area contributed by atoms with E-state index in [1.165, 1.54) is 6.33 Å². The number of hydrogen-bond donors (Lipinski definition) is 2. The Hall–Kier alpha value is -3.22. The lowest BCUT2D eigenvalue weighted by atomic mass is 9.99. The number of aromatic nitrogens is 3. The van der Waals surface area contributed by atoms with Crippen LogP contribution in [0.1, 0.15) is 29.3 Å². The van der Waals surface area contributed by atoms with Crippen molar-refractivity contribution in [2.45, 2.75) is 25.8 Å². The van der Waals surface area contributed by atoms with E-state index in [9.17, 15) is 13.2 Å². The van der Waals surface area contributed by atoms with Gasteiger partial charge < -0.3 is 20.2 Å². The molecule has 3 N–H and O–H groups in total. The van der Waals surface area contributed by atoms with E-state index in [4.69, 9.17) is 19.4 Å². The summed E-state index contributed by atoms with van der Waals surface area (Å²) < 4.78 is 39.0. The number of pyridine rings is 1. The van der Waals surface area contributed by atoms with Gasteiger partial charge in [-0.25, -0.2) is 9.97 Å². The highest BCUT2D eigenvalue weighted by Crippen LogP contribution is 2.37. The Morgan fingerprint density at radius 3 is 2.88 bits per heavy atom. The summed E-state index contributed by atoms with van der Waals surface area (Å²) in [4.78, 5) is 25.9. The maximum Gasteiger partial charge on any atom is 0.265 e. The third-order valence-corrected chi connectivity index (χ3v) is 6.21. The van der Waals surface area contributed by atoms with Crippen LogP contribution < -0.4 is 15.2 Å². The molecule has 1 aromatic carbocycles. The molecule has 4 rings (SSSR count). The molecule has 0 spiro atoms. The molecule has 2 aromatic heterocycles. The van der Waals surface area contributed by atoms with Gasteiger partial charge in [0.2, 0.25) is 5.88 Å². The number of carbonyl (C=O) groups excluding carboxylic acids is 1. The van der Waals surface area contributed by atoms with Gasteiger partial charge in [-0.2, -0.15) is 8.42 Å². The summed E-state index contributed by atoms with van der Waals surface area (Å²) in [5.74, 6) is 0.262. The van der Waals surface area contributed by atoms with Crippen LogP contribution in [0.15, 0.2) is 24.7 Å². The molecule has 11 nitrogen and oxygen atoms in total. The third kappa shape index (κ3) is 5.13. The second kappa shape index (κ2) is 9.57. The molecule has 0 fully saturated rings. The Kier molecular flexibility index (Phi) is 6.73. The SMILES string of the molecule is C[C@@H](COc1cc(-c2cnc3c(c2)CCCO3)c2nc[nH]c2c1C(N)=O)N(C)COS(C)(=O)=O. The van der Waals surface area contributed by atoms with Crippen molar-refractivity contribution >= 4 is 27.1 Å². The van der Waals surface area contributed by atoms with Gasteiger partial charge in [-0.1, -0.05) is 0 Å². The molecule has 3 heterocycles. The number of fused-ring (bicyclic) bond motifs is 2. The van der Waals surface area contributed by atoms with Gasteiger partial charge >= 0.3 is 0 Å². The number of aromatic amines is 1. The van der Waals surface area contributed by atoms with E-state index in [1.54, 1.807) is 24.2 Å². The summed E-state index contributed by atoms with van der Waals surface area (Å²) in [5, 5.41) is 0. The average Bonchev–Trinajstić information content (AvgIpc) is 3.28. The molecule has 0 saturated heterocycles. The van der Waals surface area contributed by atoms with Crippen molar-refractivity contribution in [2.75, 3.05) is 33.2 Å². The number of imidazole rings is 1. The third-order valence-electron chi connectivity index (χ3n) is 5.68. The quantitative estimate of drug-likeness (QED) is 0.338. The van der Waals surface area contributed by atoms with Crippen LogP contribution in [0.25, 0.3) is 22.2 Å².